The molecular weight excluding hydrogens is 460 g/mol. The normalized spacial score (nSPS) is 38.2. The van der Waals surface area contributed by atoms with E-state index in [1.54, 1.807) is 0 Å². The van der Waals surface area contributed by atoms with Crippen molar-refractivity contribution >= 4 is 20.4 Å². The summed E-state index contributed by atoms with van der Waals surface area (Å²) in [7, 11) is -1.78. The number of carbonyl (C=O) groups excluding carboxylic acids is 2. The SMILES string of the molecule is CCCC[Si](CCCC)(CCCC)O[C@H]1CC[C@@]2(C=O)C(=C[C@@H](C)[C@@H]3[C@@H]2CC[C@]2(C)C(=O)CC[C@@H]32)C1. The Morgan fingerprint density at radius 1 is 0.972 bits per heavy atom. The molecule has 0 heterocycles. The molecule has 36 heavy (non-hydrogen) atoms. The highest BCUT2D eigenvalue weighted by molar-refractivity contribution is 6.73. The smallest absolute Gasteiger partial charge is 0.193 e. The zero-order valence-electron chi connectivity index (χ0n) is 24.1. The minimum atomic E-state index is -1.78. The molecule has 7 atom stereocenters. The molecule has 0 spiro atoms. The number of fused-ring (bicyclic) bond motifs is 5. The Kier molecular flexibility index (Phi) is 9.08. The van der Waals surface area contributed by atoms with Crippen molar-refractivity contribution in [2.75, 3.05) is 0 Å². The number of Topliss-reactive ketones (excluding diaryl/α,β-unsaturated/α-hetero) is 1. The van der Waals surface area contributed by atoms with Gasteiger partial charge in [-0.2, -0.15) is 0 Å². The van der Waals surface area contributed by atoms with Gasteiger partial charge in [-0.3, -0.25) is 4.79 Å². The minimum Gasteiger partial charge on any atom is -0.414 e. The van der Waals surface area contributed by atoms with Crippen molar-refractivity contribution < 1.29 is 14.0 Å². The van der Waals surface area contributed by atoms with Gasteiger partial charge in [0.2, 0.25) is 0 Å². The van der Waals surface area contributed by atoms with Gasteiger partial charge in [0, 0.05) is 17.9 Å². The lowest BCUT2D eigenvalue weighted by Gasteiger charge is -2.58. The van der Waals surface area contributed by atoms with Crippen molar-refractivity contribution in [2.24, 2.45) is 34.5 Å². The summed E-state index contributed by atoms with van der Waals surface area (Å²) >= 11 is 0. The van der Waals surface area contributed by atoms with Gasteiger partial charge >= 0.3 is 0 Å². The van der Waals surface area contributed by atoms with Gasteiger partial charge in [0.15, 0.2) is 8.32 Å². The molecule has 0 aromatic heterocycles. The van der Waals surface area contributed by atoms with Gasteiger partial charge in [-0.1, -0.05) is 84.8 Å². The second-order valence-electron chi connectivity index (χ2n) is 13.4. The fraction of sp³-hybridized carbons (Fsp3) is 0.875. The quantitative estimate of drug-likeness (QED) is 0.149. The molecule has 0 amide bonds. The van der Waals surface area contributed by atoms with Crippen molar-refractivity contribution in [3.05, 3.63) is 11.6 Å². The van der Waals surface area contributed by atoms with Gasteiger partial charge in [0.05, 0.1) is 5.41 Å². The Morgan fingerprint density at radius 2 is 1.61 bits per heavy atom. The van der Waals surface area contributed by atoms with Crippen molar-refractivity contribution in [3.63, 3.8) is 0 Å². The molecule has 3 saturated carbocycles. The summed E-state index contributed by atoms with van der Waals surface area (Å²) in [5.41, 5.74) is 0.957. The van der Waals surface area contributed by atoms with Crippen LogP contribution in [-0.2, 0) is 14.0 Å². The highest BCUT2D eigenvalue weighted by atomic mass is 28.4. The highest BCUT2D eigenvalue weighted by Crippen LogP contribution is 2.65. The number of allylic oxidation sites excluding steroid dienone is 1. The third-order valence-electron chi connectivity index (χ3n) is 11.3. The number of hydrogen-bond acceptors (Lipinski definition) is 3. The zero-order chi connectivity index (χ0) is 26.0. The fourth-order valence-corrected chi connectivity index (χ4v) is 14.2. The number of rotatable bonds is 12. The van der Waals surface area contributed by atoms with Crippen LogP contribution in [0, 0.1) is 34.5 Å². The summed E-state index contributed by atoms with van der Waals surface area (Å²) in [4.78, 5) is 25.8. The molecule has 3 fully saturated rings. The molecule has 4 aliphatic rings. The molecule has 4 aliphatic carbocycles. The van der Waals surface area contributed by atoms with E-state index >= 15 is 0 Å². The number of hydrogen-bond donors (Lipinski definition) is 0. The van der Waals surface area contributed by atoms with Crippen LogP contribution in [0.4, 0.5) is 0 Å². The second-order valence-corrected chi connectivity index (χ2v) is 17.5. The molecule has 0 bridgehead atoms. The van der Waals surface area contributed by atoms with Gasteiger partial charge in [-0.25, -0.2) is 0 Å². The van der Waals surface area contributed by atoms with Crippen molar-refractivity contribution in [1.29, 1.82) is 0 Å². The molecule has 0 N–H and O–H groups in total. The van der Waals surface area contributed by atoms with E-state index in [1.165, 1.54) is 68.5 Å². The van der Waals surface area contributed by atoms with E-state index in [-0.39, 0.29) is 10.8 Å². The van der Waals surface area contributed by atoms with Crippen molar-refractivity contribution in [3.8, 4) is 0 Å². The van der Waals surface area contributed by atoms with E-state index in [0.717, 1.165) is 44.9 Å². The number of unbranched alkanes of at least 4 members (excludes halogenated alkanes) is 3. The summed E-state index contributed by atoms with van der Waals surface area (Å²) in [5, 5.41) is 0. The molecule has 0 aromatic rings. The Bertz CT molecular complexity index is 798. The van der Waals surface area contributed by atoms with Crippen LogP contribution in [0.25, 0.3) is 0 Å². The topological polar surface area (TPSA) is 43.4 Å². The van der Waals surface area contributed by atoms with E-state index in [0.29, 0.717) is 35.6 Å². The molecule has 4 heteroatoms. The third kappa shape index (κ3) is 4.99. The second kappa shape index (κ2) is 11.6. The molecular formula is C32H54O3Si. The van der Waals surface area contributed by atoms with Crippen molar-refractivity contribution in [2.45, 2.75) is 142 Å². The maximum Gasteiger partial charge on any atom is 0.193 e. The first-order valence-corrected chi connectivity index (χ1v) is 18.2. The standard InChI is InChI=1S/C32H54O3Si/c1-6-9-18-36(19-10-7-2,20-11-8-3)35-26-14-17-32(23-33)25(22-26)21-24(4)30-27-12-13-29(34)31(27,5)16-15-28(30)32/h21,23-24,26-28,30H,6-20,22H2,1-5H3/t24-,26+,27+,28+,30+,31+,32-/m1/s1. The van der Waals surface area contributed by atoms with Crippen LogP contribution < -0.4 is 0 Å². The molecule has 4 rings (SSSR count). The minimum absolute atomic E-state index is 0.145. The average Bonchev–Trinajstić information content (AvgIpc) is 3.19. The predicted octanol–water partition coefficient (Wildman–Crippen LogP) is 8.67. The summed E-state index contributed by atoms with van der Waals surface area (Å²) in [6.07, 6.45) is 18.6. The fourth-order valence-electron chi connectivity index (χ4n) is 9.20. The van der Waals surface area contributed by atoms with Crippen LogP contribution >= 0.6 is 0 Å². The molecule has 0 radical (unpaired) electrons. The van der Waals surface area contributed by atoms with Crippen LogP contribution in [0.5, 0.6) is 0 Å². The molecule has 204 valence electrons. The van der Waals surface area contributed by atoms with Crippen LogP contribution in [0.15, 0.2) is 11.6 Å². The molecule has 0 aliphatic heterocycles. The lowest BCUT2D eigenvalue weighted by atomic mass is 9.46. The van der Waals surface area contributed by atoms with E-state index < -0.39 is 8.32 Å². The van der Waals surface area contributed by atoms with E-state index in [4.69, 9.17) is 4.43 Å². The Morgan fingerprint density at radius 3 is 2.19 bits per heavy atom. The average molecular weight is 515 g/mol. The monoisotopic (exact) mass is 514 g/mol. The largest absolute Gasteiger partial charge is 0.414 e. The van der Waals surface area contributed by atoms with E-state index in [1.807, 2.05) is 0 Å². The van der Waals surface area contributed by atoms with Gasteiger partial charge in [0.1, 0.15) is 12.1 Å². The van der Waals surface area contributed by atoms with Gasteiger partial charge in [0.25, 0.3) is 0 Å². The first-order valence-electron chi connectivity index (χ1n) is 15.7. The van der Waals surface area contributed by atoms with Crippen LogP contribution in [0.2, 0.25) is 18.1 Å². The van der Waals surface area contributed by atoms with Crippen molar-refractivity contribution in [1.82, 2.24) is 0 Å². The van der Waals surface area contributed by atoms with E-state index in [2.05, 4.69) is 40.7 Å². The molecule has 0 saturated heterocycles. The summed E-state index contributed by atoms with van der Waals surface area (Å²) < 4.78 is 7.33. The maximum absolute atomic E-state index is 13.0. The van der Waals surface area contributed by atoms with Gasteiger partial charge < -0.3 is 9.22 Å². The Balaban J connectivity index is 1.58. The molecule has 0 unspecified atom stereocenters. The zero-order valence-corrected chi connectivity index (χ0v) is 25.1. The number of ketones is 1. The summed E-state index contributed by atoms with van der Waals surface area (Å²) in [6.45, 7) is 11.6. The maximum atomic E-state index is 13.0. The predicted molar refractivity (Wildman–Crippen MR) is 151 cm³/mol. The molecule has 0 aromatic carbocycles. The summed E-state index contributed by atoms with van der Waals surface area (Å²) in [6, 6.07) is 3.94. The Hall–Kier alpha value is -0.743. The number of aldehydes is 1. The Labute approximate surface area is 222 Å². The van der Waals surface area contributed by atoms with Crippen LogP contribution in [0.3, 0.4) is 0 Å². The van der Waals surface area contributed by atoms with E-state index in [9.17, 15) is 9.59 Å². The summed E-state index contributed by atoms with van der Waals surface area (Å²) in [5.74, 6) is 2.29. The highest BCUT2D eigenvalue weighted by Gasteiger charge is 2.61. The molecule has 3 nitrogen and oxygen atoms in total. The van der Waals surface area contributed by atoms with Gasteiger partial charge in [-0.05, 0) is 80.3 Å². The third-order valence-corrected chi connectivity index (χ3v) is 15.9. The first-order chi connectivity index (χ1) is 17.3. The lowest BCUT2D eigenvalue weighted by Crippen LogP contribution is -2.55. The first kappa shape index (κ1) is 28.3. The van der Waals surface area contributed by atoms with Crippen LogP contribution in [-0.4, -0.2) is 26.5 Å². The van der Waals surface area contributed by atoms with Gasteiger partial charge in [-0.15, -0.1) is 0 Å². The van der Waals surface area contributed by atoms with Crippen LogP contribution in [0.1, 0.15) is 118 Å². The lowest BCUT2D eigenvalue weighted by molar-refractivity contribution is -0.136. The number of carbonyl (C=O) groups is 2.